The number of hydrogen-bond donors (Lipinski definition) is 1. The summed E-state index contributed by atoms with van der Waals surface area (Å²) in [6, 6.07) is 19.5. The summed E-state index contributed by atoms with van der Waals surface area (Å²) in [5.41, 5.74) is 2.13. The molecule has 0 aliphatic carbocycles. The van der Waals surface area contributed by atoms with Crippen molar-refractivity contribution in [2.24, 2.45) is 0 Å². The largest absolute Gasteiger partial charge is 0.491 e. The lowest BCUT2D eigenvalue weighted by molar-refractivity contribution is 0.410. The first-order valence-corrected chi connectivity index (χ1v) is 7.35. The minimum atomic E-state index is 0.622. The standard InChI is InChI=1S/C18H16ClNO2/c1-21-17-11-16(14-7-9-15(19)10-8-14)22-18(17)20-12-13-5-3-2-4-6-13/h2-11,20H,12H2,1H3. The minimum absolute atomic E-state index is 0.622. The van der Waals surface area contributed by atoms with Crippen molar-refractivity contribution in [1.29, 1.82) is 0 Å². The molecule has 0 spiro atoms. The number of nitrogens with one attached hydrogen (secondary N) is 1. The summed E-state index contributed by atoms with van der Waals surface area (Å²) < 4.78 is 11.3. The maximum atomic E-state index is 5.91. The van der Waals surface area contributed by atoms with Gasteiger partial charge in [-0.05, 0) is 29.8 Å². The Hall–Kier alpha value is -2.39. The zero-order valence-corrected chi connectivity index (χ0v) is 12.9. The Morgan fingerprint density at radius 3 is 2.45 bits per heavy atom. The average molecular weight is 314 g/mol. The lowest BCUT2D eigenvalue weighted by Gasteiger charge is -2.05. The van der Waals surface area contributed by atoms with Crippen LogP contribution in [0.3, 0.4) is 0 Å². The van der Waals surface area contributed by atoms with Gasteiger partial charge in [-0.2, -0.15) is 0 Å². The van der Waals surface area contributed by atoms with Crippen LogP contribution >= 0.6 is 11.6 Å². The van der Waals surface area contributed by atoms with Crippen LogP contribution in [0.4, 0.5) is 5.88 Å². The highest BCUT2D eigenvalue weighted by atomic mass is 35.5. The zero-order valence-electron chi connectivity index (χ0n) is 12.2. The summed E-state index contributed by atoms with van der Waals surface area (Å²) in [4.78, 5) is 0. The van der Waals surface area contributed by atoms with Crippen molar-refractivity contribution in [3.63, 3.8) is 0 Å². The fourth-order valence-corrected chi connectivity index (χ4v) is 2.31. The summed E-state index contributed by atoms with van der Waals surface area (Å²) in [7, 11) is 1.63. The number of benzene rings is 2. The molecule has 3 aromatic rings. The normalized spacial score (nSPS) is 10.5. The highest BCUT2D eigenvalue weighted by molar-refractivity contribution is 6.30. The summed E-state index contributed by atoms with van der Waals surface area (Å²) in [6.45, 7) is 0.671. The molecule has 3 rings (SSSR count). The van der Waals surface area contributed by atoms with Gasteiger partial charge in [-0.25, -0.2) is 0 Å². The van der Waals surface area contributed by atoms with Crippen LogP contribution in [0.2, 0.25) is 5.02 Å². The summed E-state index contributed by atoms with van der Waals surface area (Å²) in [6.07, 6.45) is 0. The third-order valence-corrected chi connectivity index (χ3v) is 3.59. The molecule has 22 heavy (non-hydrogen) atoms. The Kier molecular flexibility index (Phi) is 4.35. The van der Waals surface area contributed by atoms with Gasteiger partial charge in [0.25, 0.3) is 0 Å². The number of halogens is 1. The Labute approximate surface area is 134 Å². The lowest BCUT2D eigenvalue weighted by atomic mass is 10.2. The lowest BCUT2D eigenvalue weighted by Crippen LogP contribution is -1.99. The first kappa shape index (κ1) is 14.5. The van der Waals surface area contributed by atoms with Crippen LogP contribution < -0.4 is 10.1 Å². The third-order valence-electron chi connectivity index (χ3n) is 3.34. The molecule has 1 N–H and O–H groups in total. The van der Waals surface area contributed by atoms with E-state index in [4.69, 9.17) is 20.8 Å². The van der Waals surface area contributed by atoms with Crippen molar-refractivity contribution in [1.82, 2.24) is 0 Å². The van der Waals surface area contributed by atoms with Gasteiger partial charge in [0.2, 0.25) is 5.88 Å². The maximum Gasteiger partial charge on any atom is 0.236 e. The molecule has 0 radical (unpaired) electrons. The van der Waals surface area contributed by atoms with Gasteiger partial charge in [0, 0.05) is 23.2 Å². The monoisotopic (exact) mass is 313 g/mol. The van der Waals surface area contributed by atoms with Crippen molar-refractivity contribution >= 4 is 17.5 Å². The predicted octanol–water partition coefficient (Wildman–Crippen LogP) is 5.22. The molecule has 3 nitrogen and oxygen atoms in total. The van der Waals surface area contributed by atoms with Gasteiger partial charge in [0.15, 0.2) is 5.75 Å². The first-order valence-electron chi connectivity index (χ1n) is 6.98. The molecule has 0 saturated heterocycles. The molecule has 0 saturated carbocycles. The molecule has 0 amide bonds. The molecule has 4 heteroatoms. The van der Waals surface area contributed by atoms with Gasteiger partial charge in [-0.3, -0.25) is 0 Å². The molecule has 0 fully saturated rings. The topological polar surface area (TPSA) is 34.4 Å². The number of anilines is 1. The Bertz CT molecular complexity index is 736. The number of methoxy groups -OCH3 is 1. The van der Waals surface area contributed by atoms with E-state index in [0.717, 1.165) is 11.3 Å². The van der Waals surface area contributed by atoms with Gasteiger partial charge >= 0.3 is 0 Å². The van der Waals surface area contributed by atoms with Gasteiger partial charge in [0.1, 0.15) is 5.76 Å². The van der Waals surface area contributed by atoms with Crippen molar-refractivity contribution < 1.29 is 9.15 Å². The molecule has 1 aromatic heterocycles. The van der Waals surface area contributed by atoms with Crippen LogP contribution in [-0.4, -0.2) is 7.11 Å². The second-order valence-corrected chi connectivity index (χ2v) is 5.29. The van der Waals surface area contributed by atoms with E-state index >= 15 is 0 Å². The van der Waals surface area contributed by atoms with Gasteiger partial charge in [0.05, 0.1) is 7.11 Å². The Morgan fingerprint density at radius 1 is 1.05 bits per heavy atom. The molecule has 1 heterocycles. The SMILES string of the molecule is COc1cc(-c2ccc(Cl)cc2)oc1NCc1ccccc1. The molecule has 0 unspecified atom stereocenters. The smallest absolute Gasteiger partial charge is 0.236 e. The van der Waals surface area contributed by atoms with E-state index < -0.39 is 0 Å². The van der Waals surface area contributed by atoms with Gasteiger partial charge in [-0.1, -0.05) is 41.9 Å². The van der Waals surface area contributed by atoms with E-state index in [9.17, 15) is 0 Å². The quantitative estimate of drug-likeness (QED) is 0.701. The van der Waals surface area contributed by atoms with Crippen LogP contribution in [0, 0.1) is 0 Å². The summed E-state index contributed by atoms with van der Waals surface area (Å²) >= 11 is 5.91. The number of hydrogen-bond acceptors (Lipinski definition) is 3. The average Bonchev–Trinajstić information content (AvgIpc) is 2.98. The van der Waals surface area contributed by atoms with Crippen LogP contribution in [0.25, 0.3) is 11.3 Å². The zero-order chi connectivity index (χ0) is 15.4. The highest BCUT2D eigenvalue weighted by Crippen LogP contribution is 2.35. The Balaban J connectivity index is 1.81. The van der Waals surface area contributed by atoms with E-state index in [1.165, 1.54) is 5.56 Å². The van der Waals surface area contributed by atoms with E-state index in [0.29, 0.717) is 23.2 Å². The van der Waals surface area contributed by atoms with E-state index in [1.807, 2.05) is 48.5 Å². The van der Waals surface area contributed by atoms with Crippen molar-refractivity contribution in [2.75, 3.05) is 12.4 Å². The second-order valence-electron chi connectivity index (χ2n) is 4.85. The number of furan rings is 1. The number of ether oxygens (including phenoxy) is 1. The Morgan fingerprint density at radius 2 is 1.77 bits per heavy atom. The predicted molar refractivity (Wildman–Crippen MR) is 89.5 cm³/mol. The minimum Gasteiger partial charge on any atom is -0.491 e. The van der Waals surface area contributed by atoms with Crippen molar-refractivity contribution in [3.05, 3.63) is 71.2 Å². The summed E-state index contributed by atoms with van der Waals surface area (Å²) in [5.74, 6) is 2.04. The molecule has 2 aromatic carbocycles. The number of rotatable bonds is 5. The first-order chi connectivity index (χ1) is 10.8. The summed E-state index contributed by atoms with van der Waals surface area (Å²) in [5, 5.41) is 3.96. The van der Waals surface area contributed by atoms with E-state index in [2.05, 4.69) is 17.4 Å². The van der Waals surface area contributed by atoms with Crippen LogP contribution in [-0.2, 0) is 6.54 Å². The fourth-order valence-electron chi connectivity index (χ4n) is 2.18. The molecular weight excluding hydrogens is 298 g/mol. The van der Waals surface area contributed by atoms with Crippen molar-refractivity contribution in [3.8, 4) is 17.1 Å². The molecule has 0 aliphatic heterocycles. The van der Waals surface area contributed by atoms with Crippen LogP contribution in [0.1, 0.15) is 5.56 Å². The van der Waals surface area contributed by atoms with Crippen LogP contribution in [0.15, 0.2) is 65.1 Å². The molecule has 112 valence electrons. The maximum absolute atomic E-state index is 5.91. The van der Waals surface area contributed by atoms with Crippen molar-refractivity contribution in [2.45, 2.75) is 6.54 Å². The van der Waals surface area contributed by atoms with Crippen LogP contribution in [0.5, 0.6) is 5.75 Å². The highest BCUT2D eigenvalue weighted by Gasteiger charge is 2.13. The van der Waals surface area contributed by atoms with Gasteiger partial charge in [-0.15, -0.1) is 0 Å². The molecule has 0 bridgehead atoms. The molecule has 0 atom stereocenters. The molecular formula is C18H16ClNO2. The third kappa shape index (κ3) is 3.26. The molecule has 0 aliphatic rings. The fraction of sp³-hybridized carbons (Fsp3) is 0.111. The van der Waals surface area contributed by atoms with E-state index in [1.54, 1.807) is 7.11 Å². The second kappa shape index (κ2) is 6.58. The van der Waals surface area contributed by atoms with Gasteiger partial charge < -0.3 is 14.5 Å². The van der Waals surface area contributed by atoms with E-state index in [-0.39, 0.29) is 0 Å².